The Balaban J connectivity index is 0.000000331. The quantitative estimate of drug-likeness (QED) is 0.114. The molecule has 0 heteroatoms. The van der Waals surface area contributed by atoms with Gasteiger partial charge in [-0.25, -0.2) is 0 Å². The highest BCUT2D eigenvalue weighted by molar-refractivity contribution is 5.83. The van der Waals surface area contributed by atoms with E-state index in [9.17, 15) is 0 Å². The average molecular weight is 1120 g/mol. The molecule has 8 aromatic carbocycles. The second kappa shape index (κ2) is 38.1. The number of hydrogen-bond acceptors (Lipinski definition) is 0. The first-order valence-electron chi connectivity index (χ1n) is 32.1. The van der Waals surface area contributed by atoms with Crippen LogP contribution in [-0.2, 0) is 0 Å². The van der Waals surface area contributed by atoms with E-state index in [1.165, 1.54) is 83.1 Å². The summed E-state index contributed by atoms with van der Waals surface area (Å²) in [5.74, 6) is 7.70. The van der Waals surface area contributed by atoms with Crippen LogP contribution in [-0.4, -0.2) is 0 Å². The fourth-order valence-electron chi connectivity index (χ4n) is 9.42. The Kier molecular flexibility index (Phi) is 33.5. The highest BCUT2D eigenvalue weighted by Gasteiger charge is 2.09. The molecule has 0 fully saturated rings. The molecular weight excluding hydrogens is 997 g/mol. The lowest BCUT2D eigenvalue weighted by atomic mass is 9.91. The van der Waals surface area contributed by atoms with Crippen molar-refractivity contribution in [3.05, 3.63) is 260 Å². The molecule has 0 atom stereocenters. The number of hydrogen-bond donors (Lipinski definition) is 0. The Morgan fingerprint density at radius 3 is 0.747 bits per heavy atom. The first kappa shape index (κ1) is 73.1. The zero-order valence-corrected chi connectivity index (χ0v) is 57.3. The summed E-state index contributed by atoms with van der Waals surface area (Å²) in [5.41, 5.74) is 18.8. The first-order valence-corrected chi connectivity index (χ1v) is 32.1. The van der Waals surface area contributed by atoms with Crippen LogP contribution in [0.1, 0.15) is 310 Å². The summed E-state index contributed by atoms with van der Waals surface area (Å²) in [6, 6.07) is 68.0. The fraction of sp³-hybridized carbons (Fsp3) is 0.446. The normalized spacial score (nSPS) is 11.0. The molecular formula is C83H118. The Morgan fingerprint density at radius 2 is 0.422 bits per heavy atom. The Morgan fingerprint density at radius 1 is 0.169 bits per heavy atom. The first-order chi connectivity index (χ1) is 39.0. The lowest BCUT2D eigenvalue weighted by Crippen LogP contribution is -1.97. The van der Waals surface area contributed by atoms with Crippen molar-refractivity contribution in [2.24, 2.45) is 0 Å². The van der Waals surface area contributed by atoms with Gasteiger partial charge in [0.25, 0.3) is 0 Å². The molecule has 0 bridgehead atoms. The van der Waals surface area contributed by atoms with Gasteiger partial charge in [-0.05, 0) is 161 Å². The van der Waals surface area contributed by atoms with E-state index in [1.807, 2.05) is 6.07 Å². The van der Waals surface area contributed by atoms with Crippen LogP contribution >= 0.6 is 0 Å². The highest BCUT2D eigenvalue weighted by Crippen LogP contribution is 2.28. The number of rotatable bonds is 12. The molecule has 0 radical (unpaired) electrons. The van der Waals surface area contributed by atoms with Crippen molar-refractivity contribution in [1.29, 1.82) is 0 Å². The van der Waals surface area contributed by atoms with E-state index in [-0.39, 0.29) is 0 Å². The number of fused-ring (bicyclic) bond motifs is 1. The summed E-state index contributed by atoms with van der Waals surface area (Å²) in [7, 11) is 0. The van der Waals surface area contributed by atoms with E-state index in [1.54, 1.807) is 0 Å². The minimum Gasteiger partial charge on any atom is -0.0622 e. The van der Waals surface area contributed by atoms with Crippen LogP contribution in [0.3, 0.4) is 0 Å². The van der Waals surface area contributed by atoms with Crippen LogP contribution < -0.4 is 0 Å². The van der Waals surface area contributed by atoms with Crippen molar-refractivity contribution in [1.82, 2.24) is 0 Å². The fourth-order valence-corrected chi connectivity index (χ4v) is 9.42. The zero-order valence-electron chi connectivity index (χ0n) is 57.3. The standard InChI is InChI=1S/C13H14.C13H20.4C12H18.C9H12/c1-10(2)12-8-7-11-5-3-4-6-13(11)9-12;1-9(2)12-7-6-11(5)13(8-12)10(3)4;2*1-9(2)11-5-7-12(8-6-11)10(3)4;1-9(2)11-6-5-7-12(8-11)10(3)4;1-9(2)11-7-5-6-8-12(11)10(3)4;1-8(2)9-6-4-3-5-7-9/h3-10H,1-2H3;6-10H,1-5H3;4*5-10H,1-4H3;3-8H,1-2H3. The SMILES string of the molecule is CC(C)c1ccc(C(C)C)cc1.CC(C)c1ccc(C(C)C)cc1.CC(C)c1ccc2ccccc2c1.CC(C)c1cccc(C(C)C)c1.CC(C)c1ccccc1.CC(C)c1ccccc1C(C)C.Cc1ccc(C(C)C)cc1C(C)C. The van der Waals surface area contributed by atoms with Gasteiger partial charge in [-0.15, -0.1) is 0 Å². The van der Waals surface area contributed by atoms with Crippen LogP contribution in [0.15, 0.2) is 188 Å². The van der Waals surface area contributed by atoms with Gasteiger partial charge in [-0.3, -0.25) is 0 Å². The molecule has 0 aliphatic rings. The third kappa shape index (κ3) is 27.1. The molecule has 0 unspecified atom stereocenters. The lowest BCUT2D eigenvalue weighted by Gasteiger charge is -2.14. The van der Waals surface area contributed by atoms with Crippen molar-refractivity contribution in [2.75, 3.05) is 0 Å². The minimum atomic E-state index is 0.615. The van der Waals surface area contributed by atoms with E-state index in [0.29, 0.717) is 71.0 Å². The van der Waals surface area contributed by atoms with Gasteiger partial charge < -0.3 is 0 Å². The summed E-state index contributed by atoms with van der Waals surface area (Å²) in [4.78, 5) is 0. The van der Waals surface area contributed by atoms with Gasteiger partial charge in [-0.1, -0.05) is 354 Å². The third-order valence-corrected chi connectivity index (χ3v) is 15.5. The molecule has 0 aliphatic heterocycles. The summed E-state index contributed by atoms with van der Waals surface area (Å²) in [6.07, 6.45) is 0. The molecule has 8 rings (SSSR count). The average Bonchev–Trinajstić information content (AvgIpc) is 3.58. The van der Waals surface area contributed by atoms with Crippen molar-refractivity contribution < 1.29 is 0 Å². The summed E-state index contributed by atoms with van der Waals surface area (Å²) in [5, 5.41) is 2.67. The molecule has 0 amide bonds. The van der Waals surface area contributed by atoms with Gasteiger partial charge in [0.2, 0.25) is 0 Å². The molecule has 0 N–H and O–H groups in total. The molecule has 0 spiro atoms. The molecule has 0 heterocycles. The maximum atomic E-state index is 2.35. The molecule has 0 saturated carbocycles. The highest BCUT2D eigenvalue weighted by atomic mass is 14.1. The van der Waals surface area contributed by atoms with Crippen molar-refractivity contribution >= 4 is 10.8 Å². The van der Waals surface area contributed by atoms with Crippen molar-refractivity contribution in [3.8, 4) is 0 Å². The van der Waals surface area contributed by atoms with E-state index in [4.69, 9.17) is 0 Å². The molecule has 0 aromatic heterocycles. The Labute approximate surface area is 512 Å². The molecule has 83 heavy (non-hydrogen) atoms. The molecule has 8 aromatic rings. The van der Waals surface area contributed by atoms with Crippen LogP contribution in [0.4, 0.5) is 0 Å². The van der Waals surface area contributed by atoms with Crippen molar-refractivity contribution in [3.63, 3.8) is 0 Å². The topological polar surface area (TPSA) is 0 Å². The van der Waals surface area contributed by atoms with Crippen LogP contribution in [0.5, 0.6) is 0 Å². The summed E-state index contributed by atoms with van der Waals surface area (Å²) >= 11 is 0. The molecule has 450 valence electrons. The van der Waals surface area contributed by atoms with Gasteiger partial charge >= 0.3 is 0 Å². The maximum Gasteiger partial charge on any atom is -0.0181 e. The van der Waals surface area contributed by atoms with Crippen LogP contribution in [0, 0.1) is 6.92 Å². The second-order valence-electron chi connectivity index (χ2n) is 26.6. The van der Waals surface area contributed by atoms with Gasteiger partial charge in [0.05, 0.1) is 0 Å². The van der Waals surface area contributed by atoms with E-state index in [2.05, 4.69) is 355 Å². The largest absolute Gasteiger partial charge is 0.0622 e. The van der Waals surface area contributed by atoms with Gasteiger partial charge in [0, 0.05) is 0 Å². The smallest absolute Gasteiger partial charge is 0.0181 e. The summed E-state index contributed by atoms with van der Waals surface area (Å²) in [6.45, 7) is 55.8. The molecule has 0 aliphatic carbocycles. The Hall–Kier alpha value is -5.98. The molecule has 0 nitrogen and oxygen atoms in total. The van der Waals surface area contributed by atoms with E-state index >= 15 is 0 Å². The second-order valence-corrected chi connectivity index (χ2v) is 26.6. The monoisotopic (exact) mass is 1110 g/mol. The van der Waals surface area contributed by atoms with E-state index in [0.717, 1.165) is 0 Å². The predicted molar refractivity (Wildman–Crippen MR) is 376 cm³/mol. The zero-order chi connectivity index (χ0) is 62.5. The van der Waals surface area contributed by atoms with Crippen molar-refractivity contribution in [2.45, 2.75) is 244 Å². The number of aryl methyl sites for hydroxylation is 1. The van der Waals surface area contributed by atoms with Gasteiger partial charge in [0.15, 0.2) is 0 Å². The predicted octanol–water partition coefficient (Wildman–Crippen LogP) is 26.7. The molecule has 0 saturated heterocycles. The number of benzene rings is 8. The third-order valence-electron chi connectivity index (χ3n) is 15.5. The maximum absolute atomic E-state index is 2.35. The Bertz CT molecular complexity index is 2790. The van der Waals surface area contributed by atoms with E-state index < -0.39 is 0 Å². The summed E-state index contributed by atoms with van der Waals surface area (Å²) < 4.78 is 0. The van der Waals surface area contributed by atoms with Crippen LogP contribution in [0.25, 0.3) is 10.8 Å². The minimum absolute atomic E-state index is 0.615. The lowest BCUT2D eigenvalue weighted by molar-refractivity contribution is 0.790. The van der Waals surface area contributed by atoms with Gasteiger partial charge in [-0.2, -0.15) is 0 Å². The van der Waals surface area contributed by atoms with Gasteiger partial charge in [0.1, 0.15) is 0 Å². The van der Waals surface area contributed by atoms with Crippen LogP contribution in [0.2, 0.25) is 0 Å².